The van der Waals surface area contributed by atoms with E-state index in [9.17, 15) is 13.5 Å². The second-order valence-corrected chi connectivity index (χ2v) is 7.77. The lowest BCUT2D eigenvalue weighted by atomic mass is 10.2. The van der Waals surface area contributed by atoms with Gasteiger partial charge in [-0.2, -0.15) is 4.98 Å². The molecule has 3 N–H and O–H groups in total. The smallest absolute Gasteiger partial charge is 0.240 e. The average Bonchev–Trinajstić information content (AvgIpc) is 3.01. The molecule has 0 spiro atoms. The van der Waals surface area contributed by atoms with Crippen LogP contribution in [0.25, 0.3) is 0 Å². The minimum Gasteiger partial charge on any atom is -0.471 e. The Hall–Kier alpha value is -2.23. The number of aryl methyl sites for hydroxylation is 1. The number of hydrogen-bond acceptors (Lipinski definition) is 7. The van der Waals surface area contributed by atoms with E-state index in [2.05, 4.69) is 15.3 Å². The van der Waals surface area contributed by atoms with Crippen LogP contribution in [-0.4, -0.2) is 42.7 Å². The van der Waals surface area contributed by atoms with Crippen LogP contribution in [0.2, 0.25) is 0 Å². The second-order valence-electron chi connectivity index (χ2n) is 6.09. The summed E-state index contributed by atoms with van der Waals surface area (Å²) in [5, 5.41) is 12.9. The Bertz CT molecular complexity index is 968. The number of rotatable bonds is 6. The number of hydrogen-bond donors (Lipinski definition) is 3. The normalized spacial score (nSPS) is 22.3. The van der Waals surface area contributed by atoms with E-state index in [1.165, 1.54) is 24.3 Å². The summed E-state index contributed by atoms with van der Waals surface area (Å²) in [6.45, 7) is -1.01. The minimum atomic E-state index is -4.15. The van der Waals surface area contributed by atoms with E-state index in [-0.39, 0.29) is 16.9 Å². The zero-order valence-electron chi connectivity index (χ0n) is 17.1. The molecule has 8 nitrogen and oxygen atoms in total. The van der Waals surface area contributed by atoms with Crippen molar-refractivity contribution in [2.45, 2.75) is 43.3 Å². The highest BCUT2D eigenvalue weighted by Gasteiger charge is 2.28. The molecule has 0 aliphatic heterocycles. The van der Waals surface area contributed by atoms with Crippen LogP contribution in [0.4, 0.5) is 11.6 Å². The molecular formula is C17H22N4O4S. The van der Waals surface area contributed by atoms with E-state index in [1.54, 1.807) is 17.8 Å². The summed E-state index contributed by atoms with van der Waals surface area (Å²) in [7, 11) is -4.15. The van der Waals surface area contributed by atoms with Gasteiger partial charge in [0.15, 0.2) is 0 Å². The van der Waals surface area contributed by atoms with Crippen LogP contribution in [0.15, 0.2) is 35.4 Å². The van der Waals surface area contributed by atoms with Gasteiger partial charge in [0.25, 0.3) is 0 Å². The zero-order chi connectivity index (χ0) is 21.2. The Labute approximate surface area is 156 Å². The molecule has 1 aliphatic rings. The minimum absolute atomic E-state index is 0.178. The zero-order valence-corrected chi connectivity index (χ0v) is 15.0. The molecule has 0 bridgehead atoms. The topological polar surface area (TPSA) is 113 Å². The van der Waals surface area contributed by atoms with Gasteiger partial charge in [-0.25, -0.2) is 18.1 Å². The predicted molar refractivity (Wildman–Crippen MR) is 97.0 cm³/mol. The van der Waals surface area contributed by atoms with E-state index >= 15 is 0 Å². The fourth-order valence-electron chi connectivity index (χ4n) is 2.70. The van der Waals surface area contributed by atoms with Crippen molar-refractivity contribution < 1.29 is 22.4 Å². The predicted octanol–water partition coefficient (Wildman–Crippen LogP) is 1.73. The van der Waals surface area contributed by atoms with Gasteiger partial charge >= 0.3 is 0 Å². The van der Waals surface area contributed by atoms with E-state index in [4.69, 9.17) is 8.85 Å². The first-order valence-electron chi connectivity index (χ1n) is 9.63. The number of benzene rings is 1. The molecule has 0 unspecified atom stereocenters. The van der Waals surface area contributed by atoms with Gasteiger partial charge in [-0.05, 0) is 57.4 Å². The summed E-state index contributed by atoms with van der Waals surface area (Å²) in [6.07, 6.45) is 3.13. The lowest BCUT2D eigenvalue weighted by molar-refractivity contribution is 0.0569. The van der Waals surface area contributed by atoms with Crippen molar-refractivity contribution in [2.24, 2.45) is 0 Å². The van der Waals surface area contributed by atoms with E-state index in [0.29, 0.717) is 18.0 Å². The Morgan fingerprint density at radius 2 is 2.08 bits per heavy atom. The number of aromatic nitrogens is 2. The molecule has 26 heavy (non-hydrogen) atoms. The van der Waals surface area contributed by atoms with Gasteiger partial charge in [-0.1, -0.05) is 0 Å². The molecule has 1 saturated carbocycles. The molecule has 140 valence electrons. The third kappa shape index (κ3) is 4.12. The van der Waals surface area contributed by atoms with Crippen molar-refractivity contribution in [3.63, 3.8) is 0 Å². The fraction of sp³-hybridized carbons (Fsp3) is 0.412. The number of aliphatic hydroxyl groups excluding tert-OH is 1. The molecule has 1 heterocycles. The Kier molecular flexibility index (Phi) is 4.33. The number of anilines is 2. The van der Waals surface area contributed by atoms with Crippen LogP contribution in [0.5, 0.6) is 5.88 Å². The van der Waals surface area contributed by atoms with Gasteiger partial charge < -0.3 is 15.2 Å². The summed E-state index contributed by atoms with van der Waals surface area (Å²) in [6, 6.07) is 5.49. The molecule has 1 fully saturated rings. The molecular weight excluding hydrogens is 356 g/mol. The Morgan fingerprint density at radius 1 is 1.31 bits per heavy atom. The molecule has 0 saturated heterocycles. The lowest BCUT2D eigenvalue weighted by Gasteiger charge is -2.18. The van der Waals surface area contributed by atoms with Crippen LogP contribution < -0.4 is 14.8 Å². The number of ether oxygens (including phenoxy) is 1. The van der Waals surface area contributed by atoms with Crippen LogP contribution in [0.1, 0.15) is 28.9 Å². The van der Waals surface area contributed by atoms with Gasteiger partial charge in [-0.15, -0.1) is 0 Å². The third-order valence-electron chi connectivity index (χ3n) is 4.16. The van der Waals surface area contributed by atoms with Crippen molar-refractivity contribution in [2.75, 3.05) is 12.3 Å². The maximum absolute atomic E-state index is 12.0. The van der Waals surface area contributed by atoms with Gasteiger partial charge in [0.1, 0.15) is 6.10 Å². The molecule has 2 atom stereocenters. The standard InChI is InChI=1S/C17H22N4O4S/c1-11-10-19-17(21-16(11)25-15-5-3-4-14(15)22)20-12-6-8-13(9-7-12)26(23,24)18-2/h6-10,14-15,18,22H,3-5H2,1-2H3,(H,19,20,21)/t14-,15+/m0/s1/i2D3. The van der Waals surface area contributed by atoms with E-state index < -0.39 is 23.1 Å². The van der Waals surface area contributed by atoms with Gasteiger partial charge in [0, 0.05) is 21.6 Å². The maximum atomic E-state index is 12.0. The van der Waals surface area contributed by atoms with Crippen molar-refractivity contribution >= 4 is 21.7 Å². The van der Waals surface area contributed by atoms with Crippen molar-refractivity contribution in [3.8, 4) is 5.88 Å². The van der Waals surface area contributed by atoms with Crippen molar-refractivity contribution in [3.05, 3.63) is 36.0 Å². The van der Waals surface area contributed by atoms with Gasteiger partial charge in [0.2, 0.25) is 21.9 Å². The highest BCUT2D eigenvalue weighted by Crippen LogP contribution is 2.26. The van der Waals surface area contributed by atoms with E-state index in [1.807, 2.05) is 0 Å². The monoisotopic (exact) mass is 381 g/mol. The molecule has 3 rings (SSSR count). The first kappa shape index (κ1) is 14.9. The fourth-order valence-corrected chi connectivity index (χ4v) is 3.31. The summed E-state index contributed by atoms with van der Waals surface area (Å²) in [5.74, 6) is 0.615. The third-order valence-corrected chi connectivity index (χ3v) is 5.32. The quantitative estimate of drug-likeness (QED) is 0.698. The maximum Gasteiger partial charge on any atom is 0.240 e. The highest BCUT2D eigenvalue weighted by atomic mass is 32.2. The van der Waals surface area contributed by atoms with Gasteiger partial charge in [-0.3, -0.25) is 0 Å². The van der Waals surface area contributed by atoms with Crippen LogP contribution in [-0.2, 0) is 10.0 Å². The highest BCUT2D eigenvalue weighted by molar-refractivity contribution is 7.89. The summed E-state index contributed by atoms with van der Waals surface area (Å²) < 4.78 is 52.7. The van der Waals surface area contributed by atoms with Gasteiger partial charge in [0.05, 0.1) is 11.0 Å². The van der Waals surface area contributed by atoms with Crippen molar-refractivity contribution in [1.29, 1.82) is 0 Å². The number of aliphatic hydroxyl groups is 1. The first-order valence-corrected chi connectivity index (χ1v) is 9.61. The number of nitrogens with one attached hydrogen (secondary N) is 2. The number of sulfonamides is 1. The molecule has 0 radical (unpaired) electrons. The molecule has 1 aromatic carbocycles. The summed E-state index contributed by atoms with van der Waals surface area (Å²) >= 11 is 0. The molecule has 1 aromatic heterocycles. The van der Waals surface area contributed by atoms with Crippen LogP contribution in [0, 0.1) is 6.92 Å². The SMILES string of the molecule is [2H]C([2H])([2H])NS(=O)(=O)c1ccc(Nc2ncc(C)c(O[C@@H]3CCC[C@@H]3O)n2)cc1. The Morgan fingerprint density at radius 3 is 2.73 bits per heavy atom. The lowest BCUT2D eigenvalue weighted by Crippen LogP contribution is -2.26. The molecule has 2 aromatic rings. The molecule has 9 heteroatoms. The van der Waals surface area contributed by atoms with Crippen molar-refractivity contribution in [1.82, 2.24) is 14.7 Å². The first-order chi connectivity index (χ1) is 13.5. The molecule has 0 amide bonds. The number of nitrogens with zero attached hydrogens (tertiary/aromatic N) is 2. The summed E-state index contributed by atoms with van der Waals surface area (Å²) in [5.41, 5.74) is 1.24. The summed E-state index contributed by atoms with van der Waals surface area (Å²) in [4.78, 5) is 8.32. The van der Waals surface area contributed by atoms with Crippen LogP contribution >= 0.6 is 0 Å². The van der Waals surface area contributed by atoms with E-state index in [0.717, 1.165) is 18.4 Å². The van der Waals surface area contributed by atoms with Crippen LogP contribution in [0.3, 0.4) is 0 Å². The molecule has 1 aliphatic carbocycles. The Balaban J connectivity index is 1.72. The second kappa shape index (κ2) is 7.56. The largest absolute Gasteiger partial charge is 0.471 e. The average molecular weight is 381 g/mol.